The number of carbonyl (C=O) groups is 2. The first-order valence-electron chi connectivity index (χ1n) is 9.09. The normalized spacial score (nSPS) is 12.1. The molecule has 1 atom stereocenters. The lowest BCUT2D eigenvalue weighted by atomic mass is 10.0. The summed E-state index contributed by atoms with van der Waals surface area (Å²) in [6, 6.07) is 11.2. The molecule has 0 radical (unpaired) electrons. The number of nitrogens with zero attached hydrogens (tertiary/aromatic N) is 1. The van der Waals surface area contributed by atoms with Gasteiger partial charge < -0.3 is 10.6 Å². The summed E-state index contributed by atoms with van der Waals surface area (Å²) in [5, 5.41) is 5.27. The first-order valence-corrected chi connectivity index (χ1v) is 9.09. The summed E-state index contributed by atoms with van der Waals surface area (Å²) < 4.78 is 26.6. The number of hydrogen-bond donors (Lipinski definition) is 2. The van der Waals surface area contributed by atoms with Gasteiger partial charge in [-0.15, -0.1) is 0 Å². The molecule has 0 bridgehead atoms. The Balaban J connectivity index is 2.02. The molecule has 2 rings (SSSR count). The average Bonchev–Trinajstić information content (AvgIpc) is 2.60. The molecule has 2 N–H and O–H groups in total. The van der Waals surface area contributed by atoms with Gasteiger partial charge in [0.2, 0.25) is 11.8 Å². The maximum atomic E-state index is 13.3. The molecule has 150 valence electrons. The fourth-order valence-electron chi connectivity index (χ4n) is 2.67. The molecule has 0 saturated carbocycles. The van der Waals surface area contributed by atoms with E-state index >= 15 is 0 Å². The van der Waals surface area contributed by atoms with Crippen molar-refractivity contribution < 1.29 is 18.4 Å². The molecule has 0 aliphatic heterocycles. The maximum absolute atomic E-state index is 13.3. The lowest BCUT2D eigenvalue weighted by molar-refractivity contribution is -0.121. The quantitative estimate of drug-likeness (QED) is 0.720. The van der Waals surface area contributed by atoms with Gasteiger partial charge in [-0.2, -0.15) is 0 Å². The van der Waals surface area contributed by atoms with Crippen LogP contribution in [0.5, 0.6) is 0 Å². The Hall–Kier alpha value is -2.80. The van der Waals surface area contributed by atoms with Crippen LogP contribution in [0.4, 0.5) is 20.2 Å². The van der Waals surface area contributed by atoms with E-state index in [0.717, 1.165) is 0 Å². The molecule has 2 amide bonds. The monoisotopic (exact) mass is 389 g/mol. The van der Waals surface area contributed by atoms with Gasteiger partial charge in [-0.25, -0.2) is 8.78 Å². The van der Waals surface area contributed by atoms with Crippen molar-refractivity contribution >= 4 is 23.2 Å². The smallest absolute Gasteiger partial charge is 0.238 e. The Morgan fingerprint density at radius 2 is 1.29 bits per heavy atom. The molecule has 28 heavy (non-hydrogen) atoms. The van der Waals surface area contributed by atoms with Crippen molar-refractivity contribution in [3.05, 3.63) is 60.2 Å². The van der Waals surface area contributed by atoms with Crippen LogP contribution in [0.3, 0.4) is 0 Å². The highest BCUT2D eigenvalue weighted by molar-refractivity contribution is 5.94. The highest BCUT2D eigenvalue weighted by atomic mass is 19.1. The molecule has 0 aliphatic carbocycles. The van der Waals surface area contributed by atoms with Crippen molar-refractivity contribution in [2.45, 2.75) is 26.8 Å². The summed E-state index contributed by atoms with van der Waals surface area (Å²) in [5.74, 6) is -1.39. The Kier molecular flexibility index (Phi) is 7.63. The molecule has 0 fully saturated rings. The second-order valence-electron chi connectivity index (χ2n) is 7.01. The zero-order valence-corrected chi connectivity index (χ0v) is 16.2. The lowest BCUT2D eigenvalue weighted by Crippen LogP contribution is -2.45. The van der Waals surface area contributed by atoms with Crippen LogP contribution in [0.25, 0.3) is 0 Å². The summed E-state index contributed by atoms with van der Waals surface area (Å²) in [5.41, 5.74) is 0.706. The number of amides is 2. The summed E-state index contributed by atoms with van der Waals surface area (Å²) >= 11 is 0. The highest BCUT2D eigenvalue weighted by Gasteiger charge is 2.22. The molecule has 7 heteroatoms. The number of halogens is 2. The summed E-state index contributed by atoms with van der Waals surface area (Å²) in [7, 11) is 0. The number of benzene rings is 2. The molecule has 0 spiro atoms. The van der Waals surface area contributed by atoms with Crippen molar-refractivity contribution in [3.63, 3.8) is 0 Å². The second-order valence-corrected chi connectivity index (χ2v) is 7.01. The molecule has 2 aromatic rings. The SMILES string of the molecule is CC(C)C(C)N(CC(=O)Nc1cccc(F)c1)CC(=O)Nc1cccc(F)c1. The third-order valence-electron chi connectivity index (χ3n) is 4.45. The second kappa shape index (κ2) is 9.94. The van der Waals surface area contributed by atoms with Crippen LogP contribution < -0.4 is 10.6 Å². The van der Waals surface area contributed by atoms with Crippen molar-refractivity contribution in [2.75, 3.05) is 23.7 Å². The van der Waals surface area contributed by atoms with E-state index in [1.54, 1.807) is 17.0 Å². The maximum Gasteiger partial charge on any atom is 0.238 e. The third-order valence-corrected chi connectivity index (χ3v) is 4.45. The van der Waals surface area contributed by atoms with E-state index in [-0.39, 0.29) is 36.9 Å². The number of anilines is 2. The largest absolute Gasteiger partial charge is 0.325 e. The van der Waals surface area contributed by atoms with Gasteiger partial charge in [0.1, 0.15) is 11.6 Å². The van der Waals surface area contributed by atoms with Crippen LogP contribution in [-0.2, 0) is 9.59 Å². The Morgan fingerprint density at radius 3 is 1.64 bits per heavy atom. The number of hydrogen-bond acceptors (Lipinski definition) is 3. The average molecular weight is 389 g/mol. The molecule has 1 unspecified atom stereocenters. The van der Waals surface area contributed by atoms with Crippen LogP contribution >= 0.6 is 0 Å². The van der Waals surface area contributed by atoms with Crippen molar-refractivity contribution in [2.24, 2.45) is 5.92 Å². The van der Waals surface area contributed by atoms with Gasteiger partial charge in [0, 0.05) is 17.4 Å². The Labute approximate surface area is 163 Å². The van der Waals surface area contributed by atoms with E-state index in [9.17, 15) is 18.4 Å². The fourth-order valence-corrected chi connectivity index (χ4v) is 2.67. The van der Waals surface area contributed by atoms with Gasteiger partial charge >= 0.3 is 0 Å². The first kappa shape index (κ1) is 21.5. The van der Waals surface area contributed by atoms with Crippen LogP contribution in [0, 0.1) is 17.6 Å². The molecule has 5 nitrogen and oxygen atoms in total. The predicted octanol–water partition coefficient (Wildman–Crippen LogP) is 3.89. The van der Waals surface area contributed by atoms with Gasteiger partial charge in [0.05, 0.1) is 13.1 Å². The van der Waals surface area contributed by atoms with Gasteiger partial charge in [-0.1, -0.05) is 26.0 Å². The number of carbonyl (C=O) groups excluding carboxylic acids is 2. The van der Waals surface area contributed by atoms with E-state index in [2.05, 4.69) is 10.6 Å². The fraction of sp³-hybridized carbons (Fsp3) is 0.333. The van der Waals surface area contributed by atoms with E-state index in [4.69, 9.17) is 0 Å². The van der Waals surface area contributed by atoms with Crippen molar-refractivity contribution in [1.82, 2.24) is 4.90 Å². The van der Waals surface area contributed by atoms with Crippen LogP contribution in [-0.4, -0.2) is 35.8 Å². The topological polar surface area (TPSA) is 61.4 Å². The molecular formula is C21H25F2N3O2. The van der Waals surface area contributed by atoms with E-state index in [1.165, 1.54) is 36.4 Å². The minimum atomic E-state index is -0.445. The van der Waals surface area contributed by atoms with Crippen LogP contribution in [0.1, 0.15) is 20.8 Å². The highest BCUT2D eigenvalue weighted by Crippen LogP contribution is 2.14. The molecule has 0 aliphatic rings. The molecule has 0 aromatic heterocycles. The van der Waals surface area contributed by atoms with Crippen molar-refractivity contribution in [1.29, 1.82) is 0 Å². The minimum Gasteiger partial charge on any atom is -0.325 e. The molecule has 0 heterocycles. The third kappa shape index (κ3) is 6.74. The van der Waals surface area contributed by atoms with E-state index in [1.807, 2.05) is 20.8 Å². The van der Waals surface area contributed by atoms with Crippen LogP contribution in [0.15, 0.2) is 48.5 Å². The zero-order chi connectivity index (χ0) is 20.7. The Morgan fingerprint density at radius 1 is 0.857 bits per heavy atom. The summed E-state index contributed by atoms with van der Waals surface area (Å²) in [6.45, 7) is 5.84. The van der Waals surface area contributed by atoms with Crippen LogP contribution in [0.2, 0.25) is 0 Å². The predicted molar refractivity (Wildman–Crippen MR) is 106 cm³/mol. The first-order chi connectivity index (χ1) is 13.2. The lowest BCUT2D eigenvalue weighted by Gasteiger charge is -2.30. The minimum absolute atomic E-state index is 0.0353. The van der Waals surface area contributed by atoms with Gasteiger partial charge in [-0.3, -0.25) is 14.5 Å². The van der Waals surface area contributed by atoms with Gasteiger partial charge in [-0.05, 0) is 49.2 Å². The molecule has 0 saturated heterocycles. The van der Waals surface area contributed by atoms with Gasteiger partial charge in [0.25, 0.3) is 0 Å². The molecular weight excluding hydrogens is 364 g/mol. The van der Waals surface area contributed by atoms with Gasteiger partial charge in [0.15, 0.2) is 0 Å². The molecule has 2 aromatic carbocycles. The standard InChI is InChI=1S/C21H25F2N3O2/c1-14(2)15(3)26(12-20(27)24-18-8-4-6-16(22)10-18)13-21(28)25-19-9-5-7-17(23)11-19/h4-11,14-15H,12-13H2,1-3H3,(H,24,27)(H,25,28). The van der Waals surface area contributed by atoms with E-state index < -0.39 is 11.6 Å². The summed E-state index contributed by atoms with van der Waals surface area (Å²) in [6.07, 6.45) is 0. The Bertz CT molecular complexity index is 765. The number of nitrogens with one attached hydrogen (secondary N) is 2. The van der Waals surface area contributed by atoms with Crippen molar-refractivity contribution in [3.8, 4) is 0 Å². The number of rotatable bonds is 8. The zero-order valence-electron chi connectivity index (χ0n) is 16.2. The summed E-state index contributed by atoms with van der Waals surface area (Å²) in [4.78, 5) is 26.5. The van der Waals surface area contributed by atoms with E-state index in [0.29, 0.717) is 11.4 Å².